The van der Waals surface area contributed by atoms with E-state index in [0.717, 1.165) is 83.2 Å². The third kappa shape index (κ3) is 6.73. The lowest BCUT2D eigenvalue weighted by Crippen LogP contribution is -2.16. The Morgan fingerprint density at radius 2 is 0.694 bits per heavy atom. The fraction of sp³-hybridized carbons (Fsp3) is 0.0435. The van der Waals surface area contributed by atoms with Gasteiger partial charge in [-0.3, -0.25) is 0 Å². The molecule has 0 unspecified atom stereocenters. The Kier molecular flexibility index (Phi) is 9.56. The standard InChI is InChI=1S/C69H47NO2/c1-69(2)63-40-33-49(41-61(63)62-43-50(44-15-5-3-6-16-44)42-60(66(62)69)46-17-7-4-8-18-46)45-27-34-51(35-28-45)70(52-36-29-47(30-37-52)54-21-13-23-58-56-19-9-11-25-64(56)71-67(54)58)53-38-31-48(32-39-53)55-22-14-24-59-57-20-10-12-26-65(57)72-68(55)59/h3-43H,1-2H3. The Morgan fingerprint density at radius 1 is 0.292 bits per heavy atom. The van der Waals surface area contributed by atoms with Gasteiger partial charge in [-0.15, -0.1) is 0 Å². The predicted molar refractivity (Wildman–Crippen MR) is 300 cm³/mol. The summed E-state index contributed by atoms with van der Waals surface area (Å²) in [7, 11) is 0. The van der Waals surface area contributed by atoms with Crippen LogP contribution in [0.5, 0.6) is 0 Å². The minimum absolute atomic E-state index is 0.184. The van der Waals surface area contributed by atoms with Gasteiger partial charge in [-0.2, -0.15) is 0 Å². The van der Waals surface area contributed by atoms with Gasteiger partial charge in [0, 0.05) is 55.1 Å². The second kappa shape index (κ2) is 16.5. The number of para-hydroxylation sites is 4. The van der Waals surface area contributed by atoms with Crippen molar-refractivity contribution in [1.29, 1.82) is 0 Å². The summed E-state index contributed by atoms with van der Waals surface area (Å²) in [5, 5.41) is 4.50. The average molecular weight is 922 g/mol. The first-order valence-corrected chi connectivity index (χ1v) is 24.8. The molecule has 0 saturated carbocycles. The van der Waals surface area contributed by atoms with Crippen LogP contribution < -0.4 is 4.90 Å². The van der Waals surface area contributed by atoms with Crippen LogP contribution in [0, 0.1) is 0 Å². The smallest absolute Gasteiger partial charge is 0.143 e. The van der Waals surface area contributed by atoms with Crippen molar-refractivity contribution >= 4 is 60.9 Å². The molecule has 2 heterocycles. The van der Waals surface area contributed by atoms with Crippen molar-refractivity contribution < 1.29 is 8.83 Å². The third-order valence-corrected chi connectivity index (χ3v) is 15.1. The quantitative estimate of drug-likeness (QED) is 0.152. The van der Waals surface area contributed by atoms with Crippen LogP contribution in [0.2, 0.25) is 0 Å². The van der Waals surface area contributed by atoms with E-state index in [1.807, 2.05) is 24.3 Å². The molecular formula is C69H47NO2. The van der Waals surface area contributed by atoms with Gasteiger partial charge in [0.1, 0.15) is 22.3 Å². The molecule has 0 amide bonds. The van der Waals surface area contributed by atoms with Crippen molar-refractivity contribution in [2.75, 3.05) is 4.90 Å². The summed E-state index contributed by atoms with van der Waals surface area (Å²) >= 11 is 0. The molecule has 340 valence electrons. The van der Waals surface area contributed by atoms with E-state index in [9.17, 15) is 0 Å². The lowest BCUT2D eigenvalue weighted by atomic mass is 9.78. The van der Waals surface area contributed by atoms with E-state index < -0.39 is 0 Å². The number of hydrogen-bond acceptors (Lipinski definition) is 3. The molecule has 0 spiro atoms. The zero-order chi connectivity index (χ0) is 47.9. The molecule has 0 fully saturated rings. The summed E-state index contributed by atoms with van der Waals surface area (Å²) in [5.74, 6) is 0. The van der Waals surface area contributed by atoms with E-state index in [1.54, 1.807) is 0 Å². The summed E-state index contributed by atoms with van der Waals surface area (Å²) < 4.78 is 13.0. The maximum atomic E-state index is 6.48. The molecule has 0 saturated heterocycles. The van der Waals surface area contributed by atoms with Crippen molar-refractivity contribution in [2.45, 2.75) is 19.3 Å². The van der Waals surface area contributed by atoms with Gasteiger partial charge in [0.2, 0.25) is 0 Å². The van der Waals surface area contributed by atoms with Gasteiger partial charge < -0.3 is 13.7 Å². The number of anilines is 3. The molecule has 0 radical (unpaired) electrons. The number of rotatable bonds is 8. The summed E-state index contributed by atoms with van der Waals surface area (Å²) in [4.78, 5) is 2.35. The molecule has 2 aromatic heterocycles. The molecule has 13 aromatic rings. The normalized spacial score (nSPS) is 12.7. The molecule has 1 aliphatic rings. The van der Waals surface area contributed by atoms with E-state index in [1.165, 1.54) is 55.6 Å². The summed E-state index contributed by atoms with van der Waals surface area (Å²) in [6.07, 6.45) is 0. The summed E-state index contributed by atoms with van der Waals surface area (Å²) in [5.41, 5.74) is 23.6. The highest BCUT2D eigenvalue weighted by Crippen LogP contribution is 2.54. The second-order valence-corrected chi connectivity index (χ2v) is 19.6. The zero-order valence-corrected chi connectivity index (χ0v) is 39.9. The van der Waals surface area contributed by atoms with Gasteiger partial charge >= 0.3 is 0 Å². The molecule has 3 nitrogen and oxygen atoms in total. The van der Waals surface area contributed by atoms with Gasteiger partial charge in [-0.25, -0.2) is 0 Å². The van der Waals surface area contributed by atoms with Crippen LogP contribution >= 0.6 is 0 Å². The zero-order valence-electron chi connectivity index (χ0n) is 39.9. The fourth-order valence-corrected chi connectivity index (χ4v) is 11.6. The lowest BCUT2D eigenvalue weighted by molar-refractivity contribution is 0.662. The van der Waals surface area contributed by atoms with Crippen molar-refractivity contribution in [1.82, 2.24) is 0 Å². The lowest BCUT2D eigenvalue weighted by Gasteiger charge is -2.26. The molecule has 11 aromatic carbocycles. The monoisotopic (exact) mass is 921 g/mol. The number of benzene rings is 11. The van der Waals surface area contributed by atoms with E-state index in [4.69, 9.17) is 8.83 Å². The second-order valence-electron chi connectivity index (χ2n) is 19.6. The van der Waals surface area contributed by atoms with E-state index >= 15 is 0 Å². The molecular weight excluding hydrogens is 875 g/mol. The van der Waals surface area contributed by atoms with Crippen LogP contribution in [0.3, 0.4) is 0 Å². The Bertz CT molecular complexity index is 4040. The molecule has 0 atom stereocenters. The van der Waals surface area contributed by atoms with Crippen LogP contribution in [0.15, 0.2) is 258 Å². The Balaban J connectivity index is 0.859. The van der Waals surface area contributed by atoms with Crippen LogP contribution in [0.1, 0.15) is 25.0 Å². The van der Waals surface area contributed by atoms with Gasteiger partial charge in [-0.1, -0.05) is 196 Å². The fourth-order valence-electron chi connectivity index (χ4n) is 11.6. The number of furan rings is 2. The molecule has 3 heteroatoms. The molecule has 0 aliphatic heterocycles. The van der Waals surface area contributed by atoms with Crippen LogP contribution in [-0.4, -0.2) is 0 Å². The van der Waals surface area contributed by atoms with Gasteiger partial charge in [-0.05, 0) is 133 Å². The molecule has 0 N–H and O–H groups in total. The van der Waals surface area contributed by atoms with E-state index in [2.05, 4.69) is 243 Å². The first-order valence-electron chi connectivity index (χ1n) is 24.8. The van der Waals surface area contributed by atoms with E-state index in [-0.39, 0.29) is 5.41 Å². The highest BCUT2D eigenvalue weighted by atomic mass is 16.3. The summed E-state index contributed by atoms with van der Waals surface area (Å²) in [6.45, 7) is 4.76. The van der Waals surface area contributed by atoms with Gasteiger partial charge in [0.15, 0.2) is 0 Å². The Labute approximate surface area is 418 Å². The third-order valence-electron chi connectivity index (χ3n) is 15.1. The molecule has 14 rings (SSSR count). The Hall–Kier alpha value is -9.18. The first-order chi connectivity index (χ1) is 35.4. The van der Waals surface area contributed by atoms with Crippen LogP contribution in [0.25, 0.3) is 111 Å². The van der Waals surface area contributed by atoms with E-state index in [0.29, 0.717) is 0 Å². The summed E-state index contributed by atoms with van der Waals surface area (Å²) in [6, 6.07) is 89.8. The molecule has 72 heavy (non-hydrogen) atoms. The first kappa shape index (κ1) is 41.8. The van der Waals surface area contributed by atoms with Crippen LogP contribution in [-0.2, 0) is 5.41 Å². The van der Waals surface area contributed by atoms with Gasteiger partial charge in [0.05, 0.1) is 0 Å². The van der Waals surface area contributed by atoms with Crippen molar-refractivity contribution in [3.8, 4) is 66.8 Å². The molecule has 0 bridgehead atoms. The highest BCUT2D eigenvalue weighted by molar-refractivity contribution is 6.11. The van der Waals surface area contributed by atoms with Crippen molar-refractivity contribution in [3.63, 3.8) is 0 Å². The predicted octanol–water partition coefficient (Wildman–Crippen LogP) is 19.6. The van der Waals surface area contributed by atoms with Crippen molar-refractivity contribution in [3.05, 3.63) is 260 Å². The minimum atomic E-state index is -0.184. The number of nitrogens with zero attached hydrogens (tertiary/aromatic N) is 1. The largest absolute Gasteiger partial charge is 0.455 e. The van der Waals surface area contributed by atoms with Crippen LogP contribution in [0.4, 0.5) is 17.1 Å². The minimum Gasteiger partial charge on any atom is -0.455 e. The molecule has 1 aliphatic carbocycles. The highest BCUT2D eigenvalue weighted by Gasteiger charge is 2.38. The number of hydrogen-bond donors (Lipinski definition) is 0. The number of fused-ring (bicyclic) bond motifs is 9. The topological polar surface area (TPSA) is 29.5 Å². The van der Waals surface area contributed by atoms with Crippen molar-refractivity contribution in [2.24, 2.45) is 0 Å². The maximum absolute atomic E-state index is 6.48. The maximum Gasteiger partial charge on any atom is 0.143 e. The van der Waals surface area contributed by atoms with Gasteiger partial charge in [0.25, 0.3) is 0 Å². The Morgan fingerprint density at radius 3 is 1.24 bits per heavy atom. The average Bonchev–Trinajstić information content (AvgIpc) is 4.09. The SMILES string of the molecule is CC1(C)c2ccc(-c3ccc(N(c4ccc(-c5cccc6c5oc5ccccc56)cc4)c4ccc(-c5cccc6c5oc5ccccc56)cc4)cc3)cc2-c2cc(-c3ccccc3)cc(-c3ccccc3)c21.